The number of pyridine rings is 1. The van der Waals surface area contributed by atoms with Crippen molar-refractivity contribution >= 4 is 27.5 Å². The quantitative estimate of drug-likeness (QED) is 0.552. The molecule has 0 aliphatic rings. The van der Waals surface area contributed by atoms with Gasteiger partial charge in [-0.2, -0.15) is 0 Å². The standard InChI is InChI=1S/C21H20BrClN.ClH/c1-3-15-8-10-16(11-9-15)19-13-24(4-2)14-20(21(19)22)17-6-5-7-18(23)12-17;/h5-14H,3-4H2,1-2H3;1H/q+1;/p-1. The third-order valence-electron chi connectivity index (χ3n) is 4.24. The molecule has 0 amide bonds. The highest BCUT2D eigenvalue weighted by atomic mass is 79.9. The fourth-order valence-corrected chi connectivity index (χ4v) is 3.64. The van der Waals surface area contributed by atoms with E-state index in [1.807, 2.05) is 18.2 Å². The second kappa shape index (κ2) is 8.84. The number of hydrogen-bond acceptors (Lipinski definition) is 0. The first kappa shape index (κ1) is 20.0. The number of benzene rings is 2. The normalized spacial score (nSPS) is 10.4. The van der Waals surface area contributed by atoms with Gasteiger partial charge in [-0.25, -0.2) is 4.57 Å². The molecule has 0 radical (unpaired) electrons. The average molecular weight is 437 g/mol. The number of aryl methyl sites for hydroxylation is 2. The predicted octanol–water partition coefficient (Wildman–Crippen LogP) is 3.31. The summed E-state index contributed by atoms with van der Waals surface area (Å²) in [7, 11) is 0. The van der Waals surface area contributed by atoms with Crippen LogP contribution in [0.25, 0.3) is 22.3 Å². The average Bonchev–Trinajstić information content (AvgIpc) is 2.62. The maximum atomic E-state index is 6.19. The minimum atomic E-state index is 0. The summed E-state index contributed by atoms with van der Waals surface area (Å²) < 4.78 is 3.31. The van der Waals surface area contributed by atoms with Crippen LogP contribution >= 0.6 is 27.5 Å². The van der Waals surface area contributed by atoms with Gasteiger partial charge in [0.1, 0.15) is 6.54 Å². The maximum Gasteiger partial charge on any atom is 0.177 e. The van der Waals surface area contributed by atoms with Gasteiger partial charge in [0.15, 0.2) is 12.4 Å². The van der Waals surface area contributed by atoms with E-state index in [0.29, 0.717) is 0 Å². The Morgan fingerprint density at radius 2 is 1.56 bits per heavy atom. The van der Waals surface area contributed by atoms with Crippen molar-refractivity contribution in [3.8, 4) is 22.3 Å². The van der Waals surface area contributed by atoms with Gasteiger partial charge >= 0.3 is 0 Å². The zero-order chi connectivity index (χ0) is 17.1. The number of halogens is 3. The Hall–Kier alpha value is -1.35. The van der Waals surface area contributed by atoms with E-state index in [0.717, 1.165) is 33.6 Å². The molecular formula is C21H20BrCl2N. The van der Waals surface area contributed by atoms with Gasteiger partial charge in [-0.15, -0.1) is 0 Å². The van der Waals surface area contributed by atoms with Gasteiger partial charge in [0.05, 0.1) is 11.1 Å². The van der Waals surface area contributed by atoms with Crippen LogP contribution in [0, 0.1) is 0 Å². The Morgan fingerprint density at radius 1 is 0.920 bits per heavy atom. The van der Waals surface area contributed by atoms with E-state index in [4.69, 9.17) is 11.6 Å². The zero-order valence-electron chi connectivity index (χ0n) is 14.3. The Bertz CT molecular complexity index is 860. The summed E-state index contributed by atoms with van der Waals surface area (Å²) in [4.78, 5) is 0. The molecule has 0 saturated heterocycles. The maximum absolute atomic E-state index is 6.19. The van der Waals surface area contributed by atoms with Gasteiger partial charge in [-0.1, -0.05) is 54.9 Å². The lowest BCUT2D eigenvalue weighted by atomic mass is 10.0. The molecule has 0 unspecified atom stereocenters. The van der Waals surface area contributed by atoms with E-state index in [1.54, 1.807) is 0 Å². The molecule has 1 nitrogen and oxygen atoms in total. The van der Waals surface area contributed by atoms with Crippen molar-refractivity contribution in [3.05, 3.63) is 76.0 Å². The molecule has 2 aromatic carbocycles. The molecule has 0 N–H and O–H groups in total. The summed E-state index contributed by atoms with van der Waals surface area (Å²) in [6, 6.07) is 16.8. The van der Waals surface area contributed by atoms with Crippen LogP contribution in [-0.4, -0.2) is 0 Å². The van der Waals surface area contributed by atoms with Crippen molar-refractivity contribution < 1.29 is 17.0 Å². The molecule has 130 valence electrons. The summed E-state index contributed by atoms with van der Waals surface area (Å²) >= 11 is 10.0. The highest BCUT2D eigenvalue weighted by Gasteiger charge is 2.17. The van der Waals surface area contributed by atoms with Gasteiger partial charge in [0.2, 0.25) is 0 Å². The molecule has 0 spiro atoms. The Morgan fingerprint density at radius 3 is 2.12 bits per heavy atom. The van der Waals surface area contributed by atoms with Crippen molar-refractivity contribution in [2.75, 3.05) is 0 Å². The summed E-state index contributed by atoms with van der Waals surface area (Å²) in [5.41, 5.74) is 6.02. The van der Waals surface area contributed by atoms with Crippen LogP contribution in [0.5, 0.6) is 0 Å². The summed E-state index contributed by atoms with van der Waals surface area (Å²) in [6.07, 6.45) is 5.41. The lowest BCUT2D eigenvalue weighted by molar-refractivity contribution is -0.692. The first-order valence-corrected chi connectivity index (χ1v) is 9.37. The first-order chi connectivity index (χ1) is 11.6. The molecule has 0 atom stereocenters. The van der Waals surface area contributed by atoms with E-state index in [1.165, 1.54) is 16.7 Å². The molecule has 25 heavy (non-hydrogen) atoms. The molecule has 4 heteroatoms. The minimum absolute atomic E-state index is 0. The van der Waals surface area contributed by atoms with Crippen LogP contribution in [0.2, 0.25) is 5.02 Å². The van der Waals surface area contributed by atoms with Gasteiger partial charge in [-0.3, -0.25) is 0 Å². The van der Waals surface area contributed by atoms with E-state index in [2.05, 4.69) is 77.1 Å². The fraction of sp³-hybridized carbons (Fsp3) is 0.190. The molecule has 0 aliphatic carbocycles. The molecule has 1 heterocycles. The summed E-state index contributed by atoms with van der Waals surface area (Å²) in [5.74, 6) is 0. The van der Waals surface area contributed by atoms with Gasteiger partial charge in [0, 0.05) is 9.50 Å². The SMILES string of the molecule is CCc1ccc(-c2c[n+](CC)cc(-c3cccc(Cl)c3)c2Br)cc1.[Cl-]. The van der Waals surface area contributed by atoms with Crippen molar-refractivity contribution in [1.82, 2.24) is 0 Å². The Kier molecular flexibility index (Phi) is 7.06. The van der Waals surface area contributed by atoms with Crippen LogP contribution in [-0.2, 0) is 13.0 Å². The van der Waals surface area contributed by atoms with Gasteiger partial charge in [0.25, 0.3) is 0 Å². The van der Waals surface area contributed by atoms with E-state index >= 15 is 0 Å². The second-order valence-electron chi connectivity index (χ2n) is 5.79. The van der Waals surface area contributed by atoms with Crippen LogP contribution in [0.4, 0.5) is 0 Å². The van der Waals surface area contributed by atoms with Gasteiger partial charge < -0.3 is 12.4 Å². The highest BCUT2D eigenvalue weighted by Crippen LogP contribution is 2.36. The molecule has 0 bridgehead atoms. The number of hydrogen-bond donors (Lipinski definition) is 0. The molecule has 3 aromatic rings. The topological polar surface area (TPSA) is 3.88 Å². The third kappa shape index (κ3) is 4.44. The van der Waals surface area contributed by atoms with Gasteiger partial charge in [-0.05, 0) is 58.1 Å². The molecule has 0 aliphatic heterocycles. The van der Waals surface area contributed by atoms with Crippen LogP contribution in [0.1, 0.15) is 19.4 Å². The third-order valence-corrected chi connectivity index (χ3v) is 5.33. The van der Waals surface area contributed by atoms with Crippen molar-refractivity contribution in [2.24, 2.45) is 0 Å². The lowest BCUT2D eigenvalue weighted by Gasteiger charge is -2.10. The second-order valence-corrected chi connectivity index (χ2v) is 7.02. The van der Waals surface area contributed by atoms with Crippen molar-refractivity contribution in [2.45, 2.75) is 26.8 Å². The number of nitrogens with zero attached hydrogens (tertiary/aromatic N) is 1. The van der Waals surface area contributed by atoms with Crippen molar-refractivity contribution in [3.63, 3.8) is 0 Å². The number of rotatable bonds is 4. The van der Waals surface area contributed by atoms with E-state index in [9.17, 15) is 0 Å². The molecular weight excluding hydrogens is 417 g/mol. The highest BCUT2D eigenvalue weighted by molar-refractivity contribution is 9.10. The molecule has 0 saturated carbocycles. The monoisotopic (exact) mass is 435 g/mol. The van der Waals surface area contributed by atoms with Crippen LogP contribution < -0.4 is 17.0 Å². The smallest absolute Gasteiger partial charge is 0.177 e. The number of aromatic nitrogens is 1. The summed E-state index contributed by atoms with van der Waals surface area (Å²) in [6.45, 7) is 5.25. The summed E-state index contributed by atoms with van der Waals surface area (Å²) in [5, 5.41) is 0.750. The largest absolute Gasteiger partial charge is 1.00 e. The molecule has 1 aromatic heterocycles. The molecule has 3 rings (SSSR count). The molecule has 0 fully saturated rings. The van der Waals surface area contributed by atoms with Crippen LogP contribution in [0.15, 0.2) is 65.4 Å². The van der Waals surface area contributed by atoms with E-state index < -0.39 is 0 Å². The zero-order valence-corrected chi connectivity index (χ0v) is 17.4. The lowest BCUT2D eigenvalue weighted by Crippen LogP contribution is -3.00. The van der Waals surface area contributed by atoms with Crippen LogP contribution in [0.3, 0.4) is 0 Å². The Labute approximate surface area is 169 Å². The first-order valence-electron chi connectivity index (χ1n) is 8.20. The minimum Gasteiger partial charge on any atom is -1.00 e. The predicted molar refractivity (Wildman–Crippen MR) is 105 cm³/mol. The Balaban J connectivity index is 0.00000225. The van der Waals surface area contributed by atoms with E-state index in [-0.39, 0.29) is 12.4 Å². The van der Waals surface area contributed by atoms with Crippen molar-refractivity contribution in [1.29, 1.82) is 0 Å². The fourth-order valence-electron chi connectivity index (χ4n) is 2.79.